The van der Waals surface area contributed by atoms with Crippen LogP contribution in [0.3, 0.4) is 0 Å². The van der Waals surface area contributed by atoms with Crippen molar-refractivity contribution in [1.29, 1.82) is 0 Å². The first-order valence-corrected chi connectivity index (χ1v) is 10.2. The van der Waals surface area contributed by atoms with Crippen LogP contribution in [0.5, 0.6) is 5.75 Å². The van der Waals surface area contributed by atoms with Gasteiger partial charge in [0.2, 0.25) is 5.82 Å². The lowest BCUT2D eigenvalue weighted by atomic mass is 9.77. The predicted octanol–water partition coefficient (Wildman–Crippen LogP) is 3.78. The third-order valence-corrected chi connectivity index (χ3v) is 6.38. The topological polar surface area (TPSA) is 74.6 Å². The summed E-state index contributed by atoms with van der Waals surface area (Å²) in [4.78, 5) is 13.1. The second-order valence-electron chi connectivity index (χ2n) is 8.23. The molecule has 4 atom stereocenters. The molecule has 0 radical (unpaired) electrons. The average molecular weight is 475 g/mol. The van der Waals surface area contributed by atoms with Crippen LogP contribution in [-0.2, 0) is 27.4 Å². The van der Waals surface area contributed by atoms with E-state index in [0.717, 1.165) is 26.2 Å². The van der Waals surface area contributed by atoms with E-state index >= 15 is 0 Å². The maximum absolute atomic E-state index is 14.4. The van der Waals surface area contributed by atoms with Gasteiger partial charge in [-0.1, -0.05) is 13.0 Å². The Morgan fingerprint density at radius 1 is 1.33 bits per heavy atom. The minimum absolute atomic E-state index is 0.102. The number of hydrogen-bond acceptors (Lipinski definition) is 5. The summed E-state index contributed by atoms with van der Waals surface area (Å²) in [5.74, 6) is -6.57. The Morgan fingerprint density at radius 3 is 2.70 bits per heavy atom. The summed E-state index contributed by atoms with van der Waals surface area (Å²) in [6, 6.07) is 3.43. The van der Waals surface area contributed by atoms with Crippen molar-refractivity contribution < 1.29 is 41.0 Å². The monoisotopic (exact) mass is 475 g/mol. The second-order valence-corrected chi connectivity index (χ2v) is 8.23. The molecule has 2 aromatic rings. The van der Waals surface area contributed by atoms with Crippen LogP contribution >= 0.6 is 0 Å². The largest absolute Gasteiger partial charge is 0.493 e. The molecule has 1 aromatic carbocycles. The van der Waals surface area contributed by atoms with Crippen LogP contribution in [0.2, 0.25) is 0 Å². The zero-order valence-corrected chi connectivity index (χ0v) is 18.0. The smallest absolute Gasteiger partial charge is 0.417 e. The number of methoxy groups -OCH3 is 1. The van der Waals surface area contributed by atoms with Gasteiger partial charge in [0.05, 0.1) is 32.6 Å². The van der Waals surface area contributed by atoms with Crippen molar-refractivity contribution in [2.75, 3.05) is 19.0 Å². The van der Waals surface area contributed by atoms with Crippen molar-refractivity contribution >= 4 is 11.7 Å². The fourth-order valence-electron chi connectivity index (χ4n) is 4.39. The van der Waals surface area contributed by atoms with E-state index in [0.29, 0.717) is 18.8 Å². The van der Waals surface area contributed by atoms with Crippen molar-refractivity contribution in [3.8, 4) is 5.75 Å². The number of carbonyl (C=O) groups is 1. The van der Waals surface area contributed by atoms with Gasteiger partial charge in [-0.25, -0.2) is 4.39 Å². The van der Waals surface area contributed by atoms with Gasteiger partial charge in [-0.2, -0.15) is 22.7 Å². The normalized spacial score (nSPS) is 27.3. The fraction of sp³-hybridized carbons (Fsp3) is 0.524. The molecule has 0 spiro atoms. The number of fused-ring (bicyclic) bond motifs is 1. The third-order valence-electron chi connectivity index (χ3n) is 6.38. The van der Waals surface area contributed by atoms with Crippen molar-refractivity contribution in [2.24, 2.45) is 5.92 Å². The molecule has 7 nitrogen and oxygen atoms in total. The van der Waals surface area contributed by atoms with Gasteiger partial charge in [-0.3, -0.25) is 9.48 Å². The lowest BCUT2D eigenvalue weighted by Gasteiger charge is -2.32. The number of alkyl halides is 3. The van der Waals surface area contributed by atoms with E-state index in [-0.39, 0.29) is 18.0 Å². The standard InChI is InChI=1S/C21H22F5N3O4/c1-10-15(12-4-5-13(22)16(23)17(12)31-3)18(33-20(10,2)21(24,25)26)19(30)27-14-8-11-9-32-7-6-29(11)28-14/h4-5,8,10,15,18H,6-7,9H2,1-3H3,(H,27,28,30)/t10-,15-,18+,20+/m0/s1. The van der Waals surface area contributed by atoms with Gasteiger partial charge in [0.1, 0.15) is 6.10 Å². The number of aromatic nitrogens is 2. The fourth-order valence-corrected chi connectivity index (χ4v) is 4.39. The highest BCUT2D eigenvalue weighted by Crippen LogP contribution is 2.55. The van der Waals surface area contributed by atoms with Gasteiger partial charge in [0.25, 0.3) is 5.91 Å². The number of amides is 1. The molecule has 1 saturated heterocycles. The molecule has 180 valence electrons. The van der Waals surface area contributed by atoms with Crippen LogP contribution in [0.15, 0.2) is 18.2 Å². The quantitative estimate of drug-likeness (QED) is 0.682. The highest BCUT2D eigenvalue weighted by Gasteiger charge is 2.66. The lowest BCUT2D eigenvalue weighted by molar-refractivity contribution is -0.272. The van der Waals surface area contributed by atoms with Crippen molar-refractivity contribution in [1.82, 2.24) is 9.78 Å². The first kappa shape index (κ1) is 23.4. The SMILES string of the molecule is COc1c([C@H]2[C@H](C(=O)Nc3cc4n(n3)CCOC4)O[C@@](C)(C(F)(F)F)[C@H]2C)ccc(F)c1F. The molecule has 0 aliphatic carbocycles. The molecule has 1 fully saturated rings. The maximum Gasteiger partial charge on any atom is 0.417 e. The molecule has 1 aromatic heterocycles. The molecule has 12 heteroatoms. The van der Waals surface area contributed by atoms with Gasteiger partial charge in [-0.05, 0) is 13.0 Å². The van der Waals surface area contributed by atoms with E-state index in [9.17, 15) is 26.7 Å². The molecule has 0 bridgehead atoms. The highest BCUT2D eigenvalue weighted by molar-refractivity contribution is 5.94. The van der Waals surface area contributed by atoms with Gasteiger partial charge in [0, 0.05) is 23.5 Å². The molecule has 2 aliphatic rings. The first-order valence-electron chi connectivity index (χ1n) is 10.2. The number of nitrogens with one attached hydrogen (secondary N) is 1. The minimum Gasteiger partial charge on any atom is -0.493 e. The van der Waals surface area contributed by atoms with E-state index in [4.69, 9.17) is 14.2 Å². The van der Waals surface area contributed by atoms with Crippen molar-refractivity contribution in [2.45, 2.75) is 50.8 Å². The zero-order chi connectivity index (χ0) is 24.1. The number of carbonyl (C=O) groups excluding carboxylic acids is 1. The van der Waals surface area contributed by atoms with Gasteiger partial charge >= 0.3 is 6.18 Å². The molecule has 0 unspecified atom stereocenters. The highest BCUT2D eigenvalue weighted by atomic mass is 19.4. The van der Waals surface area contributed by atoms with Crippen molar-refractivity contribution in [3.05, 3.63) is 41.1 Å². The Bertz CT molecular complexity index is 1050. The molecule has 2 aliphatic heterocycles. The van der Waals surface area contributed by atoms with Crippen LogP contribution < -0.4 is 10.1 Å². The summed E-state index contributed by atoms with van der Waals surface area (Å²) < 4.78 is 87.3. The van der Waals surface area contributed by atoms with Crippen LogP contribution in [0, 0.1) is 17.6 Å². The summed E-state index contributed by atoms with van der Waals surface area (Å²) in [7, 11) is 1.07. The molecular weight excluding hydrogens is 453 g/mol. The summed E-state index contributed by atoms with van der Waals surface area (Å²) in [6.45, 7) is 3.26. The number of anilines is 1. The Balaban J connectivity index is 1.73. The summed E-state index contributed by atoms with van der Waals surface area (Å²) in [5.41, 5.74) is -2.14. The van der Waals surface area contributed by atoms with E-state index < -0.39 is 53.0 Å². The summed E-state index contributed by atoms with van der Waals surface area (Å²) >= 11 is 0. The van der Waals surface area contributed by atoms with Crippen LogP contribution in [0.1, 0.15) is 31.0 Å². The number of ether oxygens (including phenoxy) is 3. The molecule has 33 heavy (non-hydrogen) atoms. The van der Waals surface area contributed by atoms with E-state index in [1.54, 1.807) is 10.7 Å². The number of rotatable bonds is 4. The van der Waals surface area contributed by atoms with Crippen LogP contribution in [-0.4, -0.2) is 47.3 Å². The molecule has 1 N–H and O–H groups in total. The predicted molar refractivity (Wildman–Crippen MR) is 105 cm³/mol. The number of halogens is 5. The molecule has 0 saturated carbocycles. The third kappa shape index (κ3) is 3.84. The van der Waals surface area contributed by atoms with Crippen molar-refractivity contribution in [3.63, 3.8) is 0 Å². The van der Waals surface area contributed by atoms with Gasteiger partial charge < -0.3 is 19.5 Å². The average Bonchev–Trinajstić information content (AvgIpc) is 3.28. The maximum atomic E-state index is 14.4. The first-order chi connectivity index (χ1) is 15.5. The molecule has 3 heterocycles. The Labute approximate surface area is 185 Å². The Kier molecular flexibility index (Phi) is 5.85. The van der Waals surface area contributed by atoms with E-state index in [2.05, 4.69) is 10.4 Å². The Hall–Kier alpha value is -2.73. The van der Waals surface area contributed by atoms with Gasteiger partial charge in [-0.15, -0.1) is 0 Å². The minimum atomic E-state index is -4.84. The summed E-state index contributed by atoms with van der Waals surface area (Å²) in [5, 5.41) is 6.70. The Morgan fingerprint density at radius 2 is 2.06 bits per heavy atom. The number of hydrogen-bond donors (Lipinski definition) is 1. The van der Waals surface area contributed by atoms with E-state index in [1.807, 2.05) is 0 Å². The second kappa shape index (κ2) is 8.24. The van der Waals surface area contributed by atoms with E-state index in [1.165, 1.54) is 6.92 Å². The molecule has 1 amide bonds. The number of benzene rings is 1. The summed E-state index contributed by atoms with van der Waals surface area (Å²) in [6.07, 6.45) is -6.52. The lowest BCUT2D eigenvalue weighted by Crippen LogP contribution is -2.47. The number of nitrogens with zero attached hydrogens (tertiary/aromatic N) is 2. The zero-order valence-electron chi connectivity index (χ0n) is 18.0. The molecule has 4 rings (SSSR count). The molecular formula is C21H22F5N3O4. The van der Waals surface area contributed by atoms with Crippen LogP contribution in [0.4, 0.5) is 27.8 Å². The van der Waals surface area contributed by atoms with Crippen LogP contribution in [0.25, 0.3) is 0 Å². The van der Waals surface area contributed by atoms with Gasteiger partial charge in [0.15, 0.2) is 23.0 Å².